The predicted octanol–water partition coefficient (Wildman–Crippen LogP) is 4.24. The van der Waals surface area contributed by atoms with Gasteiger partial charge in [0.25, 0.3) is 0 Å². The van der Waals surface area contributed by atoms with Gasteiger partial charge in [0, 0.05) is 16.8 Å². The van der Waals surface area contributed by atoms with Crippen molar-refractivity contribution >= 4 is 11.3 Å². The third kappa shape index (κ3) is 3.27. The molecule has 21 heavy (non-hydrogen) atoms. The Morgan fingerprint density at radius 1 is 1.38 bits per heavy atom. The molecule has 1 fully saturated rings. The second-order valence-corrected chi connectivity index (χ2v) is 7.09. The first kappa shape index (κ1) is 14.5. The molecule has 0 radical (unpaired) electrons. The fraction of sp³-hybridized carbons (Fsp3) is 0.471. The molecule has 1 atom stereocenters. The number of rotatable bonds is 5. The zero-order chi connectivity index (χ0) is 15.0. The largest absolute Gasteiger partial charge is 0.486 e. The van der Waals surface area contributed by atoms with E-state index in [9.17, 15) is 0 Å². The summed E-state index contributed by atoms with van der Waals surface area (Å²) in [6.07, 6.45) is 2.50. The van der Waals surface area contributed by atoms with Crippen LogP contribution in [0.15, 0.2) is 18.2 Å². The highest BCUT2D eigenvalue weighted by atomic mass is 32.1. The van der Waals surface area contributed by atoms with Gasteiger partial charge in [-0.3, -0.25) is 0 Å². The Balaban J connectivity index is 1.74. The van der Waals surface area contributed by atoms with E-state index in [0.717, 1.165) is 10.8 Å². The van der Waals surface area contributed by atoms with Gasteiger partial charge in [0.2, 0.25) is 0 Å². The van der Waals surface area contributed by atoms with E-state index in [2.05, 4.69) is 26.0 Å². The number of hydrogen-bond acceptors (Lipinski definition) is 4. The van der Waals surface area contributed by atoms with Gasteiger partial charge in [0.15, 0.2) is 0 Å². The predicted molar refractivity (Wildman–Crippen MR) is 86.9 cm³/mol. The lowest BCUT2D eigenvalue weighted by Gasteiger charge is -2.08. The second kappa shape index (κ2) is 5.78. The molecular formula is C17H22N2OS. The maximum atomic E-state index is 6.07. The maximum Gasteiger partial charge on any atom is 0.140 e. The molecule has 1 unspecified atom stereocenters. The smallest absolute Gasteiger partial charge is 0.140 e. The molecule has 3 rings (SSSR count). The van der Waals surface area contributed by atoms with Gasteiger partial charge in [-0.15, -0.1) is 11.3 Å². The number of benzene rings is 1. The van der Waals surface area contributed by atoms with E-state index in [1.807, 2.05) is 13.0 Å². The van der Waals surface area contributed by atoms with Crippen molar-refractivity contribution in [1.82, 2.24) is 4.98 Å². The highest BCUT2D eigenvalue weighted by Gasteiger charge is 2.30. The highest BCUT2D eigenvalue weighted by molar-refractivity contribution is 7.11. The van der Waals surface area contributed by atoms with Crippen molar-refractivity contribution in [2.24, 2.45) is 5.73 Å². The normalized spacial score (nSPS) is 16.0. The highest BCUT2D eigenvalue weighted by Crippen LogP contribution is 2.44. The summed E-state index contributed by atoms with van der Waals surface area (Å²) in [5.74, 6) is 1.57. The molecule has 0 saturated heterocycles. The SMILES string of the molecule is Cc1ccc(OCc2nc(C3CC3)c(C(C)N)s2)c(C)c1. The van der Waals surface area contributed by atoms with E-state index >= 15 is 0 Å². The zero-order valence-electron chi connectivity index (χ0n) is 12.8. The van der Waals surface area contributed by atoms with Crippen LogP contribution in [0.4, 0.5) is 0 Å². The van der Waals surface area contributed by atoms with E-state index in [-0.39, 0.29) is 6.04 Å². The summed E-state index contributed by atoms with van der Waals surface area (Å²) in [6.45, 7) is 6.73. The topological polar surface area (TPSA) is 48.1 Å². The molecule has 0 aliphatic heterocycles. The number of nitrogens with two attached hydrogens (primary N) is 1. The summed E-state index contributed by atoms with van der Waals surface area (Å²) in [6, 6.07) is 6.31. The number of aryl methyl sites for hydroxylation is 2. The van der Waals surface area contributed by atoms with Gasteiger partial charge in [0.1, 0.15) is 17.4 Å². The molecular weight excluding hydrogens is 280 g/mol. The molecule has 2 aromatic rings. The minimum absolute atomic E-state index is 0.0629. The molecule has 4 heteroatoms. The third-order valence-corrected chi connectivity index (χ3v) is 5.03. The Kier molecular flexibility index (Phi) is 4.00. The Labute approximate surface area is 130 Å². The molecule has 1 saturated carbocycles. The molecule has 0 amide bonds. The molecule has 1 heterocycles. The molecule has 1 aromatic heterocycles. The van der Waals surface area contributed by atoms with E-state index in [4.69, 9.17) is 15.5 Å². The van der Waals surface area contributed by atoms with E-state index in [0.29, 0.717) is 12.5 Å². The van der Waals surface area contributed by atoms with Gasteiger partial charge in [-0.25, -0.2) is 4.98 Å². The van der Waals surface area contributed by atoms with Crippen LogP contribution in [-0.4, -0.2) is 4.98 Å². The summed E-state index contributed by atoms with van der Waals surface area (Å²) in [7, 11) is 0. The first-order chi connectivity index (χ1) is 10.0. The summed E-state index contributed by atoms with van der Waals surface area (Å²) in [5, 5.41) is 1.03. The fourth-order valence-electron chi connectivity index (χ4n) is 2.53. The van der Waals surface area contributed by atoms with Gasteiger partial charge < -0.3 is 10.5 Å². The Morgan fingerprint density at radius 2 is 2.14 bits per heavy atom. The van der Waals surface area contributed by atoms with Crippen molar-refractivity contribution in [3.63, 3.8) is 0 Å². The second-order valence-electron chi connectivity index (χ2n) is 5.98. The van der Waals surface area contributed by atoms with Crippen LogP contribution in [0.3, 0.4) is 0 Å². The molecule has 0 spiro atoms. The number of ether oxygens (including phenoxy) is 1. The van der Waals surface area contributed by atoms with Crippen LogP contribution in [0.1, 0.15) is 58.4 Å². The van der Waals surface area contributed by atoms with Gasteiger partial charge in [-0.2, -0.15) is 0 Å². The molecule has 112 valence electrons. The lowest BCUT2D eigenvalue weighted by molar-refractivity contribution is 0.303. The monoisotopic (exact) mass is 302 g/mol. The third-order valence-electron chi connectivity index (χ3n) is 3.78. The quantitative estimate of drug-likeness (QED) is 0.899. The minimum Gasteiger partial charge on any atom is -0.486 e. The van der Waals surface area contributed by atoms with Crippen LogP contribution in [0.5, 0.6) is 5.75 Å². The molecule has 3 nitrogen and oxygen atoms in total. The van der Waals surface area contributed by atoms with Crippen LogP contribution in [0, 0.1) is 13.8 Å². The lowest BCUT2D eigenvalue weighted by Crippen LogP contribution is -2.05. The van der Waals surface area contributed by atoms with Gasteiger partial charge in [0.05, 0.1) is 5.69 Å². The van der Waals surface area contributed by atoms with Gasteiger partial charge in [-0.05, 0) is 45.2 Å². The number of aromatic nitrogens is 1. The molecule has 2 N–H and O–H groups in total. The lowest BCUT2D eigenvalue weighted by atomic mass is 10.1. The Hall–Kier alpha value is -1.39. The van der Waals surface area contributed by atoms with E-state index in [1.54, 1.807) is 11.3 Å². The van der Waals surface area contributed by atoms with Crippen LogP contribution in [-0.2, 0) is 6.61 Å². The van der Waals surface area contributed by atoms with Gasteiger partial charge >= 0.3 is 0 Å². The van der Waals surface area contributed by atoms with Crippen molar-refractivity contribution in [3.05, 3.63) is 44.9 Å². The van der Waals surface area contributed by atoms with Gasteiger partial charge in [-0.1, -0.05) is 17.7 Å². The zero-order valence-corrected chi connectivity index (χ0v) is 13.7. The van der Waals surface area contributed by atoms with Crippen LogP contribution >= 0.6 is 11.3 Å². The Morgan fingerprint density at radius 3 is 2.76 bits per heavy atom. The first-order valence-electron chi connectivity index (χ1n) is 7.49. The average Bonchev–Trinajstić information content (AvgIpc) is 3.18. The van der Waals surface area contributed by atoms with Crippen molar-refractivity contribution in [1.29, 1.82) is 0 Å². The first-order valence-corrected chi connectivity index (χ1v) is 8.31. The number of hydrogen-bond donors (Lipinski definition) is 1. The minimum atomic E-state index is 0.0629. The van der Waals surface area contributed by atoms with Crippen LogP contribution in [0.2, 0.25) is 0 Å². The molecule has 1 aromatic carbocycles. The fourth-order valence-corrected chi connectivity index (χ4v) is 3.55. The van der Waals surface area contributed by atoms with E-state index < -0.39 is 0 Å². The number of thiazole rings is 1. The summed E-state index contributed by atoms with van der Waals surface area (Å²) >= 11 is 1.70. The van der Waals surface area contributed by atoms with Crippen molar-refractivity contribution in [2.45, 2.75) is 52.2 Å². The van der Waals surface area contributed by atoms with Crippen molar-refractivity contribution < 1.29 is 4.74 Å². The van der Waals surface area contributed by atoms with E-state index in [1.165, 1.54) is 34.5 Å². The summed E-state index contributed by atoms with van der Waals surface area (Å²) in [5.41, 5.74) is 9.71. The maximum absolute atomic E-state index is 6.07. The standard InChI is InChI=1S/C17H22N2OS/c1-10-4-7-14(11(2)8-10)20-9-15-19-16(13-5-6-13)17(21-15)12(3)18/h4,7-8,12-13H,5-6,9,18H2,1-3H3. The molecule has 0 bridgehead atoms. The molecule has 1 aliphatic carbocycles. The summed E-state index contributed by atoms with van der Waals surface area (Å²) in [4.78, 5) is 6.00. The number of nitrogens with zero attached hydrogens (tertiary/aromatic N) is 1. The summed E-state index contributed by atoms with van der Waals surface area (Å²) < 4.78 is 5.93. The van der Waals surface area contributed by atoms with Crippen LogP contribution < -0.4 is 10.5 Å². The van der Waals surface area contributed by atoms with Crippen molar-refractivity contribution in [2.75, 3.05) is 0 Å². The Bertz CT molecular complexity index is 625. The average molecular weight is 302 g/mol. The molecule has 1 aliphatic rings. The van der Waals surface area contributed by atoms with Crippen LogP contribution in [0.25, 0.3) is 0 Å². The van der Waals surface area contributed by atoms with Crippen molar-refractivity contribution in [3.8, 4) is 5.75 Å².